The average molecular weight is 276 g/mol. The molecule has 0 radical (unpaired) electrons. The highest BCUT2D eigenvalue weighted by atomic mass is 16.3. The van der Waals surface area contributed by atoms with E-state index in [4.69, 9.17) is 0 Å². The third kappa shape index (κ3) is 3.74. The lowest BCUT2D eigenvalue weighted by molar-refractivity contribution is 0.157. The number of aryl methyl sites for hydroxylation is 1. The van der Waals surface area contributed by atoms with E-state index in [0.717, 1.165) is 11.1 Å². The first-order valence-corrected chi connectivity index (χ1v) is 7.77. The van der Waals surface area contributed by atoms with Gasteiger partial charge in [0, 0.05) is 23.7 Å². The molecule has 0 amide bonds. The van der Waals surface area contributed by atoms with Crippen LogP contribution in [0.3, 0.4) is 0 Å². The molecule has 2 rings (SSSR count). The lowest BCUT2D eigenvalue weighted by Crippen LogP contribution is -2.45. The minimum atomic E-state index is 0.200. The molecule has 2 N–H and O–H groups in total. The quantitative estimate of drug-likeness (QED) is 0.886. The molecule has 0 bridgehead atoms. The largest absolute Gasteiger partial charge is 0.508 e. The number of phenols is 1. The summed E-state index contributed by atoms with van der Waals surface area (Å²) in [6.07, 6.45) is 2.38. The van der Waals surface area contributed by atoms with E-state index in [9.17, 15) is 5.11 Å². The summed E-state index contributed by atoms with van der Waals surface area (Å²) in [5, 5.41) is 13.7. The Labute approximate surface area is 123 Å². The van der Waals surface area contributed by atoms with E-state index >= 15 is 0 Å². The van der Waals surface area contributed by atoms with Crippen LogP contribution in [0.1, 0.15) is 50.8 Å². The van der Waals surface area contributed by atoms with Crippen molar-refractivity contribution < 1.29 is 5.11 Å². The fourth-order valence-electron chi connectivity index (χ4n) is 3.05. The molecule has 0 aliphatic carbocycles. The number of hydrogen-bond acceptors (Lipinski definition) is 3. The topological polar surface area (TPSA) is 35.5 Å². The van der Waals surface area contributed by atoms with Gasteiger partial charge in [-0.25, -0.2) is 0 Å². The van der Waals surface area contributed by atoms with Gasteiger partial charge in [-0.15, -0.1) is 0 Å². The Bertz CT molecular complexity index is 437. The van der Waals surface area contributed by atoms with Crippen molar-refractivity contribution in [2.75, 3.05) is 13.1 Å². The van der Waals surface area contributed by atoms with Gasteiger partial charge in [0.2, 0.25) is 0 Å². The maximum Gasteiger partial charge on any atom is 0.120 e. The van der Waals surface area contributed by atoms with Gasteiger partial charge >= 0.3 is 0 Å². The van der Waals surface area contributed by atoms with Gasteiger partial charge in [-0.05, 0) is 65.3 Å². The predicted octanol–water partition coefficient (Wildman–Crippen LogP) is 3.22. The number of hydrogen-bond donors (Lipinski definition) is 2. The van der Waals surface area contributed by atoms with Crippen LogP contribution in [0, 0.1) is 6.92 Å². The Hall–Kier alpha value is -1.06. The number of benzene rings is 1. The van der Waals surface area contributed by atoms with Crippen molar-refractivity contribution in [2.24, 2.45) is 0 Å². The Morgan fingerprint density at radius 1 is 1.20 bits per heavy atom. The Morgan fingerprint density at radius 2 is 1.85 bits per heavy atom. The van der Waals surface area contributed by atoms with Crippen molar-refractivity contribution >= 4 is 0 Å². The van der Waals surface area contributed by atoms with Gasteiger partial charge in [-0.2, -0.15) is 0 Å². The summed E-state index contributed by atoms with van der Waals surface area (Å²) in [6.45, 7) is 11.0. The summed E-state index contributed by atoms with van der Waals surface area (Å²) in [5.41, 5.74) is 2.10. The molecule has 0 spiro atoms. The molecule has 112 valence electrons. The average Bonchev–Trinajstić information content (AvgIpc) is 2.39. The summed E-state index contributed by atoms with van der Waals surface area (Å²) >= 11 is 0. The third-order valence-electron chi connectivity index (χ3n) is 4.40. The van der Waals surface area contributed by atoms with Crippen molar-refractivity contribution in [1.29, 1.82) is 0 Å². The number of phenolic OH excluding ortho intramolecular Hbond substituents is 1. The molecule has 0 aromatic heterocycles. The Kier molecular flexibility index (Phi) is 5.06. The molecular weight excluding hydrogens is 248 g/mol. The predicted molar refractivity (Wildman–Crippen MR) is 84.1 cm³/mol. The number of rotatable bonds is 4. The minimum absolute atomic E-state index is 0.200. The van der Waals surface area contributed by atoms with Crippen LogP contribution in [0.25, 0.3) is 0 Å². The molecule has 3 nitrogen and oxygen atoms in total. The van der Waals surface area contributed by atoms with Crippen LogP contribution in [-0.4, -0.2) is 35.2 Å². The van der Waals surface area contributed by atoms with Gasteiger partial charge in [-0.3, -0.25) is 0 Å². The number of nitrogens with zero attached hydrogens (tertiary/aromatic N) is 1. The van der Waals surface area contributed by atoms with Crippen molar-refractivity contribution in [3.63, 3.8) is 0 Å². The van der Waals surface area contributed by atoms with E-state index in [-0.39, 0.29) is 6.04 Å². The van der Waals surface area contributed by atoms with Crippen molar-refractivity contribution in [3.8, 4) is 5.75 Å². The van der Waals surface area contributed by atoms with Crippen molar-refractivity contribution in [2.45, 2.75) is 58.7 Å². The molecule has 1 saturated heterocycles. The van der Waals surface area contributed by atoms with Crippen LogP contribution in [0.2, 0.25) is 0 Å². The minimum Gasteiger partial charge on any atom is -0.508 e. The molecule has 1 heterocycles. The second kappa shape index (κ2) is 6.59. The fraction of sp³-hybridized carbons (Fsp3) is 0.647. The number of aromatic hydroxyl groups is 1. The van der Waals surface area contributed by atoms with E-state index < -0.39 is 0 Å². The van der Waals surface area contributed by atoms with E-state index in [2.05, 4.69) is 37.1 Å². The van der Waals surface area contributed by atoms with Crippen LogP contribution in [-0.2, 0) is 0 Å². The number of nitrogens with one attached hydrogen (secondary N) is 1. The SMILES string of the molecule is Cc1ccc(C(C)NC2CCN(C(C)C)CC2)c(O)c1. The highest BCUT2D eigenvalue weighted by Gasteiger charge is 2.22. The van der Waals surface area contributed by atoms with Crippen LogP contribution in [0.4, 0.5) is 0 Å². The zero-order valence-corrected chi connectivity index (χ0v) is 13.2. The maximum atomic E-state index is 10.1. The normalized spacial score (nSPS) is 19.4. The molecule has 1 atom stereocenters. The summed E-state index contributed by atoms with van der Waals surface area (Å²) in [5.74, 6) is 0.407. The van der Waals surface area contributed by atoms with E-state index in [1.54, 1.807) is 0 Å². The van der Waals surface area contributed by atoms with Gasteiger partial charge < -0.3 is 15.3 Å². The molecule has 1 aromatic carbocycles. The van der Waals surface area contributed by atoms with Gasteiger partial charge in [0.15, 0.2) is 0 Å². The lowest BCUT2D eigenvalue weighted by Gasteiger charge is -2.36. The summed E-state index contributed by atoms with van der Waals surface area (Å²) < 4.78 is 0. The van der Waals surface area contributed by atoms with Gasteiger partial charge in [0.1, 0.15) is 5.75 Å². The second-order valence-corrected chi connectivity index (χ2v) is 6.35. The zero-order valence-electron chi connectivity index (χ0n) is 13.2. The molecule has 20 heavy (non-hydrogen) atoms. The molecule has 1 fully saturated rings. The highest BCUT2D eigenvalue weighted by molar-refractivity contribution is 5.37. The number of likely N-dealkylation sites (tertiary alicyclic amines) is 1. The molecule has 1 aliphatic heterocycles. The molecule has 1 aromatic rings. The smallest absolute Gasteiger partial charge is 0.120 e. The van der Waals surface area contributed by atoms with Crippen molar-refractivity contribution in [1.82, 2.24) is 10.2 Å². The molecule has 1 unspecified atom stereocenters. The monoisotopic (exact) mass is 276 g/mol. The van der Waals surface area contributed by atoms with Gasteiger partial charge in [0.05, 0.1) is 0 Å². The molecule has 3 heteroatoms. The first-order valence-electron chi connectivity index (χ1n) is 7.77. The third-order valence-corrected chi connectivity index (χ3v) is 4.40. The lowest BCUT2D eigenvalue weighted by atomic mass is 9.99. The standard InChI is InChI=1S/C17H28N2O/c1-12(2)19-9-7-15(8-10-19)18-14(4)16-6-5-13(3)11-17(16)20/h5-6,11-12,14-15,18,20H,7-10H2,1-4H3. The maximum absolute atomic E-state index is 10.1. The van der Waals surface area contributed by atoms with Crippen LogP contribution in [0.5, 0.6) is 5.75 Å². The fourth-order valence-corrected chi connectivity index (χ4v) is 3.05. The Balaban J connectivity index is 1.90. The van der Waals surface area contributed by atoms with Crippen LogP contribution >= 0.6 is 0 Å². The molecule has 0 saturated carbocycles. The van der Waals surface area contributed by atoms with E-state index in [0.29, 0.717) is 17.8 Å². The van der Waals surface area contributed by atoms with Crippen molar-refractivity contribution in [3.05, 3.63) is 29.3 Å². The van der Waals surface area contributed by atoms with Gasteiger partial charge in [-0.1, -0.05) is 12.1 Å². The van der Waals surface area contributed by atoms with Crippen LogP contribution in [0.15, 0.2) is 18.2 Å². The van der Waals surface area contributed by atoms with Gasteiger partial charge in [0.25, 0.3) is 0 Å². The van der Waals surface area contributed by atoms with Crippen LogP contribution < -0.4 is 5.32 Å². The summed E-state index contributed by atoms with van der Waals surface area (Å²) in [6, 6.07) is 7.34. The Morgan fingerprint density at radius 3 is 2.40 bits per heavy atom. The second-order valence-electron chi connectivity index (χ2n) is 6.35. The zero-order chi connectivity index (χ0) is 14.7. The summed E-state index contributed by atoms with van der Waals surface area (Å²) in [7, 11) is 0. The summed E-state index contributed by atoms with van der Waals surface area (Å²) in [4.78, 5) is 2.53. The first kappa shape index (κ1) is 15.3. The number of piperidine rings is 1. The van der Waals surface area contributed by atoms with E-state index in [1.165, 1.54) is 25.9 Å². The van der Waals surface area contributed by atoms with E-state index in [1.807, 2.05) is 19.1 Å². The molecular formula is C17H28N2O. The first-order chi connectivity index (χ1) is 9.47. The molecule has 1 aliphatic rings. The highest BCUT2D eigenvalue weighted by Crippen LogP contribution is 2.26.